The first kappa shape index (κ1) is 18.9. The van der Waals surface area contributed by atoms with Crippen molar-refractivity contribution >= 4 is 29.5 Å². The standard InChI is InChI=1S/C22H21NO3S/c1-3-26-21(24)14-20-23(15-18-7-5-4-6-8-18)22(25)19(27-20)13-17-11-9-16(2)10-12-17/h4-14H,3,15H2,1-2H3/b19-13-,20-14-. The van der Waals surface area contributed by atoms with E-state index in [0.717, 1.165) is 16.7 Å². The van der Waals surface area contributed by atoms with Gasteiger partial charge in [-0.05, 0) is 31.1 Å². The number of thiazole rings is 1. The van der Waals surface area contributed by atoms with E-state index >= 15 is 0 Å². The lowest BCUT2D eigenvalue weighted by atomic mass is 10.1. The van der Waals surface area contributed by atoms with E-state index in [9.17, 15) is 9.59 Å². The number of hydrogen-bond donors (Lipinski definition) is 0. The summed E-state index contributed by atoms with van der Waals surface area (Å²) in [4.78, 5) is 24.9. The van der Waals surface area contributed by atoms with E-state index in [1.165, 1.54) is 17.4 Å². The minimum absolute atomic E-state index is 0.111. The summed E-state index contributed by atoms with van der Waals surface area (Å²) in [6.07, 6.45) is 3.25. The number of nitrogens with zero attached hydrogens (tertiary/aromatic N) is 1. The predicted octanol–water partition coefficient (Wildman–Crippen LogP) is 2.44. The summed E-state index contributed by atoms with van der Waals surface area (Å²) < 4.78 is 7.81. The number of esters is 1. The second-order valence-electron chi connectivity index (χ2n) is 6.13. The fourth-order valence-electron chi connectivity index (χ4n) is 2.66. The van der Waals surface area contributed by atoms with Gasteiger partial charge in [0.1, 0.15) is 4.66 Å². The predicted molar refractivity (Wildman–Crippen MR) is 109 cm³/mol. The van der Waals surface area contributed by atoms with Crippen molar-refractivity contribution in [1.82, 2.24) is 4.57 Å². The maximum atomic E-state index is 13.0. The van der Waals surface area contributed by atoms with Gasteiger partial charge >= 0.3 is 5.97 Å². The smallest absolute Gasteiger partial charge is 0.333 e. The third-order valence-electron chi connectivity index (χ3n) is 4.02. The zero-order valence-corrected chi connectivity index (χ0v) is 16.2. The molecule has 1 aromatic heterocycles. The molecule has 0 saturated carbocycles. The van der Waals surface area contributed by atoms with Gasteiger partial charge in [0.15, 0.2) is 0 Å². The van der Waals surface area contributed by atoms with Gasteiger partial charge in [-0.1, -0.05) is 60.2 Å². The van der Waals surface area contributed by atoms with Crippen LogP contribution < -0.4 is 14.8 Å². The number of aromatic nitrogens is 1. The fraction of sp³-hybridized carbons (Fsp3) is 0.182. The largest absolute Gasteiger partial charge is 0.463 e. The van der Waals surface area contributed by atoms with Crippen molar-refractivity contribution in [2.24, 2.45) is 0 Å². The minimum atomic E-state index is -0.442. The highest BCUT2D eigenvalue weighted by molar-refractivity contribution is 7.07. The number of carbonyl (C=O) groups is 1. The van der Waals surface area contributed by atoms with Gasteiger partial charge in [-0.2, -0.15) is 0 Å². The number of hydrogen-bond acceptors (Lipinski definition) is 4. The molecule has 4 nitrogen and oxygen atoms in total. The summed E-state index contributed by atoms with van der Waals surface area (Å²) in [5.74, 6) is -0.442. The van der Waals surface area contributed by atoms with Crippen LogP contribution in [0.15, 0.2) is 59.4 Å². The van der Waals surface area contributed by atoms with E-state index in [1.807, 2.05) is 67.6 Å². The lowest BCUT2D eigenvalue weighted by Gasteiger charge is -2.02. The van der Waals surface area contributed by atoms with Crippen LogP contribution in [0.1, 0.15) is 23.6 Å². The van der Waals surface area contributed by atoms with E-state index in [0.29, 0.717) is 22.3 Å². The fourth-order valence-corrected chi connectivity index (χ4v) is 3.69. The quantitative estimate of drug-likeness (QED) is 0.640. The molecule has 0 spiro atoms. The molecule has 0 amide bonds. The average Bonchev–Trinajstić information content (AvgIpc) is 2.93. The summed E-state index contributed by atoms with van der Waals surface area (Å²) in [7, 11) is 0. The molecule has 0 N–H and O–H groups in total. The molecule has 0 aliphatic rings. The molecule has 2 aromatic carbocycles. The highest BCUT2D eigenvalue weighted by Gasteiger charge is 2.08. The van der Waals surface area contributed by atoms with Gasteiger partial charge in [-0.3, -0.25) is 9.36 Å². The molecule has 138 valence electrons. The first-order valence-electron chi connectivity index (χ1n) is 8.77. The van der Waals surface area contributed by atoms with Crippen LogP contribution >= 0.6 is 11.3 Å². The molecule has 0 aliphatic heterocycles. The van der Waals surface area contributed by atoms with Crippen LogP contribution in [-0.4, -0.2) is 17.1 Å². The summed E-state index contributed by atoms with van der Waals surface area (Å²) in [6, 6.07) is 17.7. The molecule has 0 bridgehead atoms. The number of ether oxygens (including phenoxy) is 1. The average molecular weight is 379 g/mol. The summed E-state index contributed by atoms with van der Waals surface area (Å²) in [5.41, 5.74) is 3.00. The van der Waals surface area contributed by atoms with Gasteiger partial charge in [-0.15, -0.1) is 11.3 Å². The lowest BCUT2D eigenvalue weighted by Crippen LogP contribution is -2.32. The van der Waals surface area contributed by atoms with Gasteiger partial charge in [0.05, 0.1) is 23.8 Å². The Kier molecular flexibility index (Phi) is 6.04. The Morgan fingerprint density at radius 2 is 1.81 bits per heavy atom. The van der Waals surface area contributed by atoms with E-state index in [2.05, 4.69) is 0 Å². The maximum absolute atomic E-state index is 13.0. The van der Waals surface area contributed by atoms with Crippen LogP contribution in [0, 0.1) is 6.92 Å². The van der Waals surface area contributed by atoms with E-state index in [4.69, 9.17) is 4.74 Å². The molecule has 3 rings (SSSR count). The zero-order chi connectivity index (χ0) is 19.2. The van der Waals surface area contributed by atoms with Crippen LogP contribution in [0.2, 0.25) is 0 Å². The molecule has 3 aromatic rings. The Labute approximate surface area is 161 Å². The maximum Gasteiger partial charge on any atom is 0.333 e. The highest BCUT2D eigenvalue weighted by atomic mass is 32.1. The zero-order valence-electron chi connectivity index (χ0n) is 15.3. The highest BCUT2D eigenvalue weighted by Crippen LogP contribution is 2.04. The van der Waals surface area contributed by atoms with Gasteiger partial charge in [-0.25, -0.2) is 4.79 Å². The van der Waals surface area contributed by atoms with Gasteiger partial charge in [0.2, 0.25) is 0 Å². The van der Waals surface area contributed by atoms with Crippen LogP contribution in [-0.2, 0) is 16.1 Å². The second-order valence-corrected chi connectivity index (χ2v) is 7.20. The molecule has 5 heteroatoms. The van der Waals surface area contributed by atoms with Crippen LogP contribution in [0.3, 0.4) is 0 Å². The third-order valence-corrected chi connectivity index (χ3v) is 5.08. The first-order chi connectivity index (χ1) is 13.1. The molecule has 27 heavy (non-hydrogen) atoms. The van der Waals surface area contributed by atoms with E-state index < -0.39 is 5.97 Å². The molecule has 0 unspecified atom stereocenters. The van der Waals surface area contributed by atoms with Crippen molar-refractivity contribution in [3.63, 3.8) is 0 Å². The van der Waals surface area contributed by atoms with Crippen molar-refractivity contribution in [2.75, 3.05) is 6.61 Å². The summed E-state index contributed by atoms with van der Waals surface area (Å²) in [6.45, 7) is 4.48. The molecule has 0 aliphatic carbocycles. The number of rotatable bonds is 5. The number of benzene rings is 2. The van der Waals surface area contributed by atoms with Gasteiger partial charge in [0.25, 0.3) is 5.56 Å². The topological polar surface area (TPSA) is 48.3 Å². The Morgan fingerprint density at radius 1 is 1.11 bits per heavy atom. The Morgan fingerprint density at radius 3 is 2.48 bits per heavy atom. The van der Waals surface area contributed by atoms with Crippen LogP contribution in [0.4, 0.5) is 0 Å². The van der Waals surface area contributed by atoms with Crippen molar-refractivity contribution in [3.05, 3.63) is 90.8 Å². The van der Waals surface area contributed by atoms with E-state index in [1.54, 1.807) is 11.5 Å². The molecule has 1 heterocycles. The summed E-state index contributed by atoms with van der Waals surface area (Å²) in [5, 5.41) is 0. The number of carbonyl (C=O) groups excluding carboxylic acids is 1. The third kappa shape index (κ3) is 4.83. The molecule has 0 atom stereocenters. The Balaban J connectivity index is 2.12. The molecule has 0 radical (unpaired) electrons. The molecular weight excluding hydrogens is 358 g/mol. The Bertz CT molecular complexity index is 1090. The van der Waals surface area contributed by atoms with Gasteiger partial charge in [0, 0.05) is 0 Å². The normalized spacial score (nSPS) is 12.4. The van der Waals surface area contributed by atoms with Crippen molar-refractivity contribution in [1.29, 1.82) is 0 Å². The van der Waals surface area contributed by atoms with Crippen LogP contribution in [0.5, 0.6) is 0 Å². The van der Waals surface area contributed by atoms with Crippen molar-refractivity contribution in [2.45, 2.75) is 20.4 Å². The van der Waals surface area contributed by atoms with Crippen LogP contribution in [0.25, 0.3) is 12.2 Å². The SMILES string of the molecule is CCOC(=O)/C=c1\s/c(=C\c2ccc(C)cc2)c(=O)n1Cc1ccccc1. The summed E-state index contributed by atoms with van der Waals surface area (Å²) >= 11 is 1.30. The monoisotopic (exact) mass is 379 g/mol. The lowest BCUT2D eigenvalue weighted by molar-refractivity contribution is -0.135. The molecule has 0 saturated heterocycles. The Hall–Kier alpha value is -2.92. The van der Waals surface area contributed by atoms with Gasteiger partial charge < -0.3 is 4.74 Å². The molecule has 0 fully saturated rings. The van der Waals surface area contributed by atoms with E-state index in [-0.39, 0.29) is 5.56 Å². The second kappa shape index (κ2) is 8.64. The number of aryl methyl sites for hydroxylation is 1. The molecular formula is C22H21NO3S. The first-order valence-corrected chi connectivity index (χ1v) is 9.59. The van der Waals surface area contributed by atoms with Crippen molar-refractivity contribution in [3.8, 4) is 0 Å². The minimum Gasteiger partial charge on any atom is -0.463 e. The van der Waals surface area contributed by atoms with Crippen molar-refractivity contribution < 1.29 is 9.53 Å².